The first kappa shape index (κ1) is 12.4. The summed E-state index contributed by atoms with van der Waals surface area (Å²) in [4.78, 5) is 2.30. The largest absolute Gasteiger partial charge is 0.326 e. The van der Waals surface area contributed by atoms with Gasteiger partial charge in [0.2, 0.25) is 0 Å². The molecule has 84 valence electrons. The third-order valence-electron chi connectivity index (χ3n) is 2.63. The Morgan fingerprint density at radius 1 is 1.33 bits per heavy atom. The highest BCUT2D eigenvalue weighted by Crippen LogP contribution is 2.12. The molecule has 0 aliphatic carbocycles. The van der Waals surface area contributed by atoms with Gasteiger partial charge < -0.3 is 5.73 Å². The Labute approximate surface area is 95.7 Å². The molecular formula is C11H16ClFN2. The Morgan fingerprint density at radius 2 is 2.00 bits per heavy atom. The van der Waals surface area contributed by atoms with E-state index in [1.165, 1.54) is 12.1 Å². The topological polar surface area (TPSA) is 29.3 Å². The van der Waals surface area contributed by atoms with E-state index in [-0.39, 0.29) is 18.2 Å². The van der Waals surface area contributed by atoms with E-state index in [9.17, 15) is 4.39 Å². The zero-order chi connectivity index (χ0) is 9.97. The summed E-state index contributed by atoms with van der Waals surface area (Å²) >= 11 is 0. The lowest BCUT2D eigenvalue weighted by atomic mass is 10.2. The highest BCUT2D eigenvalue weighted by molar-refractivity contribution is 5.85. The maximum atomic E-state index is 12.6. The fourth-order valence-electron chi connectivity index (χ4n) is 1.85. The van der Waals surface area contributed by atoms with Crippen LogP contribution in [-0.2, 0) is 6.54 Å². The molecule has 2 nitrogen and oxygen atoms in total. The van der Waals surface area contributed by atoms with Gasteiger partial charge in [-0.3, -0.25) is 4.90 Å². The second kappa shape index (κ2) is 5.45. The maximum Gasteiger partial charge on any atom is 0.123 e. The number of hydrogen-bond acceptors (Lipinski definition) is 2. The van der Waals surface area contributed by atoms with E-state index < -0.39 is 0 Å². The second-order valence-corrected chi connectivity index (χ2v) is 3.91. The van der Waals surface area contributed by atoms with Crippen molar-refractivity contribution in [3.05, 3.63) is 35.6 Å². The Kier molecular flexibility index (Phi) is 4.51. The predicted octanol–water partition coefficient (Wildman–Crippen LogP) is 1.78. The van der Waals surface area contributed by atoms with E-state index in [1.807, 2.05) is 12.1 Å². The second-order valence-electron chi connectivity index (χ2n) is 3.91. The third-order valence-corrected chi connectivity index (χ3v) is 2.63. The smallest absolute Gasteiger partial charge is 0.123 e. The SMILES string of the molecule is Cl.N[C@@H]1CCN(Cc2ccc(F)cc2)C1. The zero-order valence-electron chi connectivity index (χ0n) is 8.53. The van der Waals surface area contributed by atoms with Crippen LogP contribution >= 0.6 is 12.4 Å². The minimum atomic E-state index is -0.174. The van der Waals surface area contributed by atoms with Crippen LogP contribution in [0.15, 0.2) is 24.3 Å². The van der Waals surface area contributed by atoms with E-state index >= 15 is 0 Å². The Hall–Kier alpha value is -0.640. The van der Waals surface area contributed by atoms with Gasteiger partial charge in [0.05, 0.1) is 0 Å². The Bertz CT molecular complexity index is 302. The van der Waals surface area contributed by atoms with Crippen molar-refractivity contribution in [3.63, 3.8) is 0 Å². The summed E-state index contributed by atoms with van der Waals surface area (Å²) in [5.41, 5.74) is 6.95. The van der Waals surface area contributed by atoms with E-state index in [0.717, 1.165) is 31.6 Å². The highest BCUT2D eigenvalue weighted by atomic mass is 35.5. The van der Waals surface area contributed by atoms with Crippen LogP contribution in [-0.4, -0.2) is 24.0 Å². The van der Waals surface area contributed by atoms with Crippen LogP contribution in [0.3, 0.4) is 0 Å². The number of halogens is 2. The first-order valence-electron chi connectivity index (χ1n) is 4.96. The van der Waals surface area contributed by atoms with Crippen LogP contribution in [0.5, 0.6) is 0 Å². The van der Waals surface area contributed by atoms with Crippen molar-refractivity contribution in [1.82, 2.24) is 4.90 Å². The van der Waals surface area contributed by atoms with Gasteiger partial charge in [0, 0.05) is 25.7 Å². The van der Waals surface area contributed by atoms with Gasteiger partial charge in [0.15, 0.2) is 0 Å². The van der Waals surface area contributed by atoms with Gasteiger partial charge in [0.25, 0.3) is 0 Å². The van der Waals surface area contributed by atoms with Crippen molar-refractivity contribution in [2.75, 3.05) is 13.1 Å². The van der Waals surface area contributed by atoms with Gasteiger partial charge in [0.1, 0.15) is 5.82 Å². The van der Waals surface area contributed by atoms with E-state index in [4.69, 9.17) is 5.73 Å². The van der Waals surface area contributed by atoms with Crippen LogP contribution in [0.1, 0.15) is 12.0 Å². The fraction of sp³-hybridized carbons (Fsp3) is 0.455. The number of hydrogen-bond donors (Lipinski definition) is 1. The molecule has 1 aliphatic rings. The lowest BCUT2D eigenvalue weighted by molar-refractivity contribution is 0.327. The maximum absolute atomic E-state index is 12.6. The van der Waals surface area contributed by atoms with Gasteiger partial charge in [-0.05, 0) is 24.1 Å². The summed E-state index contributed by atoms with van der Waals surface area (Å²) < 4.78 is 12.6. The molecular weight excluding hydrogens is 215 g/mol. The molecule has 1 atom stereocenters. The van der Waals surface area contributed by atoms with Gasteiger partial charge in [-0.1, -0.05) is 12.1 Å². The molecule has 1 aromatic rings. The van der Waals surface area contributed by atoms with Crippen molar-refractivity contribution < 1.29 is 4.39 Å². The Morgan fingerprint density at radius 3 is 2.53 bits per heavy atom. The lowest BCUT2D eigenvalue weighted by Crippen LogP contribution is -2.26. The molecule has 15 heavy (non-hydrogen) atoms. The van der Waals surface area contributed by atoms with Crippen LogP contribution in [0.25, 0.3) is 0 Å². The summed E-state index contributed by atoms with van der Waals surface area (Å²) in [6, 6.07) is 6.99. The molecule has 2 N–H and O–H groups in total. The molecule has 0 radical (unpaired) electrons. The van der Waals surface area contributed by atoms with E-state index in [2.05, 4.69) is 4.90 Å². The van der Waals surface area contributed by atoms with Gasteiger partial charge >= 0.3 is 0 Å². The zero-order valence-corrected chi connectivity index (χ0v) is 9.34. The molecule has 1 aliphatic heterocycles. The monoisotopic (exact) mass is 230 g/mol. The first-order valence-corrected chi connectivity index (χ1v) is 4.96. The molecule has 1 fully saturated rings. The van der Waals surface area contributed by atoms with Crippen LogP contribution in [0, 0.1) is 5.82 Å². The van der Waals surface area contributed by atoms with Crippen molar-refractivity contribution in [2.45, 2.75) is 19.0 Å². The van der Waals surface area contributed by atoms with E-state index in [1.54, 1.807) is 0 Å². The normalized spacial score (nSPS) is 21.3. The Balaban J connectivity index is 0.00000112. The standard InChI is InChI=1S/C11H15FN2.ClH/c12-10-3-1-9(2-4-10)7-14-6-5-11(13)8-14;/h1-4,11H,5-8,13H2;1H/t11-;/m1./s1. The molecule has 0 bridgehead atoms. The minimum absolute atomic E-state index is 0. The van der Waals surface area contributed by atoms with E-state index in [0.29, 0.717) is 6.04 Å². The highest BCUT2D eigenvalue weighted by Gasteiger charge is 2.18. The summed E-state index contributed by atoms with van der Waals surface area (Å²) in [6.07, 6.45) is 1.07. The number of benzene rings is 1. The molecule has 0 unspecified atom stereocenters. The molecule has 1 heterocycles. The molecule has 1 saturated heterocycles. The molecule has 4 heteroatoms. The predicted molar refractivity (Wildman–Crippen MR) is 61.5 cm³/mol. The van der Waals surface area contributed by atoms with Crippen LogP contribution < -0.4 is 5.73 Å². The molecule has 1 aromatic carbocycles. The summed E-state index contributed by atoms with van der Waals surface area (Å²) in [6.45, 7) is 2.89. The average Bonchev–Trinajstić information content (AvgIpc) is 2.56. The molecule has 0 aromatic heterocycles. The molecule has 2 rings (SSSR count). The number of nitrogens with zero attached hydrogens (tertiary/aromatic N) is 1. The third kappa shape index (κ3) is 3.45. The average molecular weight is 231 g/mol. The van der Waals surface area contributed by atoms with Gasteiger partial charge in [-0.2, -0.15) is 0 Å². The molecule has 0 saturated carbocycles. The van der Waals surface area contributed by atoms with Gasteiger partial charge in [-0.15, -0.1) is 12.4 Å². The number of nitrogens with two attached hydrogens (primary N) is 1. The quantitative estimate of drug-likeness (QED) is 0.839. The number of rotatable bonds is 2. The van der Waals surface area contributed by atoms with Crippen molar-refractivity contribution in [2.24, 2.45) is 5.73 Å². The van der Waals surface area contributed by atoms with Crippen molar-refractivity contribution in [1.29, 1.82) is 0 Å². The van der Waals surface area contributed by atoms with Gasteiger partial charge in [-0.25, -0.2) is 4.39 Å². The van der Waals surface area contributed by atoms with Crippen LogP contribution in [0.2, 0.25) is 0 Å². The minimum Gasteiger partial charge on any atom is -0.326 e. The van der Waals surface area contributed by atoms with Crippen molar-refractivity contribution in [3.8, 4) is 0 Å². The first-order chi connectivity index (χ1) is 6.74. The summed E-state index contributed by atoms with van der Waals surface area (Å²) in [7, 11) is 0. The van der Waals surface area contributed by atoms with Crippen LogP contribution in [0.4, 0.5) is 4.39 Å². The molecule has 0 spiro atoms. The van der Waals surface area contributed by atoms with Crippen molar-refractivity contribution >= 4 is 12.4 Å². The summed E-state index contributed by atoms with van der Waals surface area (Å²) in [5, 5.41) is 0. The molecule has 0 amide bonds. The summed E-state index contributed by atoms with van der Waals surface area (Å²) in [5.74, 6) is -0.174. The fourth-order valence-corrected chi connectivity index (χ4v) is 1.85. The number of likely N-dealkylation sites (tertiary alicyclic amines) is 1. The lowest BCUT2D eigenvalue weighted by Gasteiger charge is -2.14.